The van der Waals surface area contributed by atoms with Crippen molar-refractivity contribution >= 4 is 26.2 Å². The molecule has 3 rings (SSSR count). The van der Waals surface area contributed by atoms with Crippen LogP contribution in [0.5, 0.6) is 0 Å². The quantitative estimate of drug-likeness (QED) is 0.416. The largest absolute Gasteiger partial charge is 0.399 e. The number of nitrogen functional groups attached to an aromatic ring is 1. The van der Waals surface area contributed by atoms with Crippen molar-refractivity contribution in [1.82, 2.24) is 9.78 Å². The molecule has 0 bridgehead atoms. The summed E-state index contributed by atoms with van der Waals surface area (Å²) in [7, 11) is -1.05. The number of hydrogen-bond donors (Lipinski definition) is 1. The van der Waals surface area contributed by atoms with E-state index in [0.717, 1.165) is 12.3 Å². The Balaban J connectivity index is 0.00000225. The summed E-state index contributed by atoms with van der Waals surface area (Å²) in [6.45, 7) is 10.6. The highest BCUT2D eigenvalue weighted by molar-refractivity contribution is 6.76. The molecule has 0 spiro atoms. The fraction of sp³-hybridized carbons (Fsp3) is 0.526. The van der Waals surface area contributed by atoms with E-state index in [1.807, 2.05) is 16.8 Å². The van der Waals surface area contributed by atoms with Gasteiger partial charge in [0.05, 0.1) is 5.69 Å². The van der Waals surface area contributed by atoms with Gasteiger partial charge in [0, 0.05) is 37.5 Å². The first kappa shape index (κ1) is 20.0. The Morgan fingerprint density at radius 1 is 1.20 bits per heavy atom. The predicted molar refractivity (Wildman–Crippen MR) is 110 cm³/mol. The molecule has 1 aromatic heterocycles. The van der Waals surface area contributed by atoms with Gasteiger partial charge in [0.1, 0.15) is 6.73 Å². The van der Waals surface area contributed by atoms with Crippen LogP contribution in [0.15, 0.2) is 24.3 Å². The molecular formula is C19H30ClN3OSi. The Morgan fingerprint density at radius 2 is 1.84 bits per heavy atom. The lowest BCUT2D eigenvalue weighted by Crippen LogP contribution is -2.22. The van der Waals surface area contributed by atoms with Gasteiger partial charge in [-0.05, 0) is 43.5 Å². The van der Waals surface area contributed by atoms with Gasteiger partial charge in [-0.3, -0.25) is 0 Å². The first-order valence-electron chi connectivity index (χ1n) is 8.86. The monoisotopic (exact) mass is 379 g/mol. The van der Waals surface area contributed by atoms with Crippen molar-refractivity contribution in [2.45, 2.75) is 58.1 Å². The molecule has 0 radical (unpaired) electrons. The van der Waals surface area contributed by atoms with Crippen LogP contribution >= 0.6 is 12.4 Å². The molecule has 1 saturated carbocycles. The zero-order chi connectivity index (χ0) is 17.3. The smallest absolute Gasteiger partial charge is 0.139 e. The van der Waals surface area contributed by atoms with Gasteiger partial charge in [-0.25, -0.2) is 4.68 Å². The molecule has 1 aromatic carbocycles. The third kappa shape index (κ3) is 5.09. The van der Waals surface area contributed by atoms with Gasteiger partial charge in [0.25, 0.3) is 0 Å². The highest BCUT2D eigenvalue weighted by Gasteiger charge is 2.31. The van der Waals surface area contributed by atoms with Crippen LogP contribution in [0.1, 0.15) is 30.1 Å². The molecule has 4 nitrogen and oxygen atoms in total. The Hall–Kier alpha value is -1.30. The summed E-state index contributed by atoms with van der Waals surface area (Å²) in [6, 6.07) is 9.32. The van der Waals surface area contributed by atoms with Crippen LogP contribution in [-0.4, -0.2) is 24.5 Å². The number of benzene rings is 1. The average Bonchev–Trinajstić information content (AvgIpc) is 3.29. The van der Waals surface area contributed by atoms with Crippen molar-refractivity contribution in [3.8, 4) is 11.1 Å². The number of rotatable bonds is 7. The highest BCUT2D eigenvalue weighted by Crippen LogP contribution is 2.44. The molecular weight excluding hydrogens is 350 g/mol. The van der Waals surface area contributed by atoms with Crippen molar-refractivity contribution in [1.29, 1.82) is 0 Å². The van der Waals surface area contributed by atoms with Crippen molar-refractivity contribution in [2.75, 3.05) is 12.3 Å². The Labute approximate surface area is 158 Å². The van der Waals surface area contributed by atoms with Crippen molar-refractivity contribution in [3.63, 3.8) is 0 Å². The summed E-state index contributed by atoms with van der Waals surface area (Å²) in [4.78, 5) is 0. The van der Waals surface area contributed by atoms with E-state index in [0.29, 0.717) is 12.6 Å². The summed E-state index contributed by atoms with van der Waals surface area (Å²) >= 11 is 0. The fourth-order valence-electron chi connectivity index (χ4n) is 2.87. The van der Waals surface area contributed by atoms with E-state index in [9.17, 15) is 0 Å². The van der Waals surface area contributed by atoms with Gasteiger partial charge in [-0.2, -0.15) is 5.10 Å². The summed E-state index contributed by atoms with van der Waals surface area (Å²) in [5, 5.41) is 4.88. The minimum Gasteiger partial charge on any atom is -0.399 e. The van der Waals surface area contributed by atoms with E-state index >= 15 is 0 Å². The Morgan fingerprint density at radius 3 is 2.40 bits per heavy atom. The second kappa shape index (κ2) is 7.93. The molecule has 1 aliphatic carbocycles. The fourth-order valence-corrected chi connectivity index (χ4v) is 3.63. The number of nitrogens with zero attached hydrogens (tertiary/aromatic N) is 2. The zero-order valence-corrected chi connectivity index (χ0v) is 17.5. The maximum atomic E-state index is 5.92. The maximum Gasteiger partial charge on any atom is 0.139 e. The molecule has 1 aliphatic rings. The zero-order valence-electron chi connectivity index (χ0n) is 15.7. The van der Waals surface area contributed by atoms with Crippen LogP contribution in [0.2, 0.25) is 25.7 Å². The first-order chi connectivity index (χ1) is 11.3. The van der Waals surface area contributed by atoms with Gasteiger partial charge in [-0.1, -0.05) is 31.8 Å². The number of aromatic nitrogens is 2. The molecule has 6 heteroatoms. The molecule has 0 atom stereocenters. The number of anilines is 1. The Kier molecular flexibility index (Phi) is 6.35. The highest BCUT2D eigenvalue weighted by atomic mass is 35.5. The minimum atomic E-state index is -1.05. The minimum absolute atomic E-state index is 0. The van der Waals surface area contributed by atoms with Crippen LogP contribution in [0.4, 0.5) is 5.69 Å². The van der Waals surface area contributed by atoms with Crippen LogP contribution in [0.3, 0.4) is 0 Å². The van der Waals surface area contributed by atoms with Crippen LogP contribution < -0.4 is 5.73 Å². The molecule has 2 N–H and O–H groups in total. The van der Waals surface area contributed by atoms with E-state index in [2.05, 4.69) is 38.7 Å². The molecule has 1 heterocycles. The third-order valence-corrected chi connectivity index (χ3v) is 6.31. The number of ether oxygens (including phenoxy) is 1. The molecule has 138 valence electrons. The SMILES string of the molecule is Cc1c(-c2ccc(N)cc2)c(C2CC2)nn1COCC[Si](C)(C)C.Cl. The van der Waals surface area contributed by atoms with Crippen molar-refractivity contribution < 1.29 is 4.74 Å². The van der Waals surface area contributed by atoms with Gasteiger partial charge >= 0.3 is 0 Å². The lowest BCUT2D eigenvalue weighted by molar-refractivity contribution is 0.0769. The molecule has 0 saturated heterocycles. The van der Waals surface area contributed by atoms with Crippen LogP contribution in [0, 0.1) is 6.92 Å². The van der Waals surface area contributed by atoms with E-state index in [4.69, 9.17) is 15.6 Å². The summed E-state index contributed by atoms with van der Waals surface area (Å²) in [6.07, 6.45) is 2.49. The number of halogens is 1. The van der Waals surface area contributed by atoms with Gasteiger partial charge in [-0.15, -0.1) is 12.4 Å². The van der Waals surface area contributed by atoms with Crippen molar-refractivity contribution in [2.24, 2.45) is 0 Å². The van der Waals surface area contributed by atoms with E-state index in [-0.39, 0.29) is 12.4 Å². The summed E-state index contributed by atoms with van der Waals surface area (Å²) in [5.41, 5.74) is 11.5. The lowest BCUT2D eigenvalue weighted by atomic mass is 10.0. The Bertz CT molecular complexity index is 703. The third-order valence-electron chi connectivity index (χ3n) is 4.61. The average molecular weight is 380 g/mol. The van der Waals surface area contributed by atoms with Crippen LogP contribution in [-0.2, 0) is 11.5 Å². The van der Waals surface area contributed by atoms with Gasteiger partial charge < -0.3 is 10.5 Å². The summed E-state index contributed by atoms with van der Waals surface area (Å²) < 4.78 is 7.95. The lowest BCUT2D eigenvalue weighted by Gasteiger charge is -2.15. The molecule has 0 unspecified atom stereocenters. The second-order valence-electron chi connectivity index (χ2n) is 8.09. The first-order valence-corrected chi connectivity index (χ1v) is 12.6. The van der Waals surface area contributed by atoms with Gasteiger partial charge in [0.2, 0.25) is 0 Å². The second-order valence-corrected chi connectivity index (χ2v) is 13.7. The van der Waals surface area contributed by atoms with Crippen molar-refractivity contribution in [3.05, 3.63) is 35.7 Å². The summed E-state index contributed by atoms with van der Waals surface area (Å²) in [5.74, 6) is 0.611. The predicted octanol–water partition coefficient (Wildman–Crippen LogP) is 5.05. The van der Waals surface area contributed by atoms with Crippen LogP contribution in [0.25, 0.3) is 11.1 Å². The number of nitrogens with two attached hydrogens (primary N) is 1. The molecule has 25 heavy (non-hydrogen) atoms. The van der Waals surface area contributed by atoms with E-state index < -0.39 is 8.07 Å². The topological polar surface area (TPSA) is 53.1 Å². The normalized spacial score (nSPS) is 14.4. The molecule has 2 aromatic rings. The molecule has 0 amide bonds. The molecule has 0 aliphatic heterocycles. The molecule has 1 fully saturated rings. The standard InChI is InChI=1S/C19H29N3OSi.ClH/c1-14-18(15-7-9-17(20)10-8-15)19(16-5-6-16)21-22(14)13-23-11-12-24(2,3)4;/h7-10,16H,5-6,11-13,20H2,1-4H3;1H. The van der Waals surface area contributed by atoms with E-state index in [1.54, 1.807) is 0 Å². The van der Waals surface area contributed by atoms with Gasteiger partial charge in [0.15, 0.2) is 0 Å². The number of hydrogen-bond acceptors (Lipinski definition) is 3. The van der Waals surface area contributed by atoms with E-state index in [1.165, 1.54) is 41.4 Å². The maximum absolute atomic E-state index is 5.92.